The highest BCUT2D eigenvalue weighted by Gasteiger charge is 2.18. The number of amides is 1. The molecule has 1 amide bonds. The summed E-state index contributed by atoms with van der Waals surface area (Å²) in [6.07, 6.45) is 1.58. The minimum absolute atomic E-state index is 0.225. The molecule has 3 rings (SSSR count). The largest absolute Gasteiger partial charge is 0.492 e. The maximum atomic E-state index is 12.9. The molecule has 0 bridgehead atoms. The first-order valence-electron chi connectivity index (χ1n) is 8.45. The van der Waals surface area contributed by atoms with Gasteiger partial charge in [0.2, 0.25) is 5.88 Å². The van der Waals surface area contributed by atoms with Crippen molar-refractivity contribution in [2.24, 2.45) is 0 Å². The molecule has 2 aromatic carbocycles. The fourth-order valence-corrected chi connectivity index (χ4v) is 2.37. The van der Waals surface area contributed by atoms with Crippen molar-refractivity contribution in [1.82, 2.24) is 9.88 Å². The third-order valence-electron chi connectivity index (χ3n) is 3.82. The van der Waals surface area contributed by atoms with Gasteiger partial charge in [-0.2, -0.15) is 0 Å². The van der Waals surface area contributed by atoms with E-state index in [0.717, 1.165) is 0 Å². The average molecular weight is 366 g/mol. The fourth-order valence-electron chi connectivity index (χ4n) is 2.37. The third kappa shape index (κ3) is 5.04. The minimum atomic E-state index is -0.322. The van der Waals surface area contributed by atoms with Gasteiger partial charge in [0.05, 0.1) is 6.54 Å². The van der Waals surface area contributed by atoms with Gasteiger partial charge in [-0.05, 0) is 48.5 Å². The number of ether oxygens (including phenoxy) is 2. The first-order chi connectivity index (χ1) is 13.1. The molecule has 0 atom stereocenters. The van der Waals surface area contributed by atoms with Gasteiger partial charge >= 0.3 is 0 Å². The molecular weight excluding hydrogens is 347 g/mol. The number of benzene rings is 2. The van der Waals surface area contributed by atoms with E-state index in [2.05, 4.69) is 4.98 Å². The number of carbonyl (C=O) groups is 1. The zero-order valence-corrected chi connectivity index (χ0v) is 14.8. The predicted octanol–water partition coefficient (Wildman–Crippen LogP) is 4.16. The van der Waals surface area contributed by atoms with E-state index < -0.39 is 0 Å². The van der Waals surface area contributed by atoms with Crippen LogP contribution in [0.5, 0.6) is 17.4 Å². The number of hydrogen-bond acceptors (Lipinski definition) is 4. The van der Waals surface area contributed by atoms with E-state index in [-0.39, 0.29) is 24.2 Å². The van der Waals surface area contributed by atoms with Crippen molar-refractivity contribution in [2.45, 2.75) is 0 Å². The summed E-state index contributed by atoms with van der Waals surface area (Å²) in [7, 11) is 1.68. The summed E-state index contributed by atoms with van der Waals surface area (Å²) in [5.74, 6) is 0.855. The number of para-hydroxylation sites is 1. The summed E-state index contributed by atoms with van der Waals surface area (Å²) >= 11 is 0. The molecule has 5 nitrogen and oxygen atoms in total. The zero-order chi connectivity index (χ0) is 19.1. The topological polar surface area (TPSA) is 51.7 Å². The van der Waals surface area contributed by atoms with E-state index in [9.17, 15) is 9.18 Å². The van der Waals surface area contributed by atoms with Crippen molar-refractivity contribution in [3.8, 4) is 17.4 Å². The van der Waals surface area contributed by atoms with E-state index in [1.807, 2.05) is 18.2 Å². The standard InChI is InChI=1S/C21H19FN2O3/c1-24(14-15-26-17-11-9-16(22)10-12-17)21(25)19-8-5-13-23-20(19)27-18-6-3-2-4-7-18/h2-13H,14-15H2,1H3. The molecule has 0 fully saturated rings. The van der Waals surface area contributed by atoms with Gasteiger partial charge in [0.1, 0.15) is 29.5 Å². The van der Waals surface area contributed by atoms with Gasteiger partial charge in [-0.15, -0.1) is 0 Å². The molecule has 1 heterocycles. The van der Waals surface area contributed by atoms with E-state index >= 15 is 0 Å². The molecule has 0 unspecified atom stereocenters. The molecule has 0 aliphatic rings. The Labute approximate surface area is 157 Å². The summed E-state index contributed by atoms with van der Waals surface area (Å²) in [6.45, 7) is 0.638. The predicted molar refractivity (Wildman–Crippen MR) is 99.6 cm³/mol. The van der Waals surface area contributed by atoms with Gasteiger partial charge in [-0.3, -0.25) is 4.79 Å². The Morgan fingerprint density at radius 2 is 1.74 bits per heavy atom. The van der Waals surface area contributed by atoms with Gasteiger partial charge in [-0.1, -0.05) is 18.2 Å². The van der Waals surface area contributed by atoms with Crippen LogP contribution in [0.25, 0.3) is 0 Å². The number of pyridine rings is 1. The van der Waals surface area contributed by atoms with Crippen molar-refractivity contribution in [2.75, 3.05) is 20.2 Å². The normalized spacial score (nSPS) is 10.3. The van der Waals surface area contributed by atoms with Crippen LogP contribution < -0.4 is 9.47 Å². The molecule has 1 aromatic heterocycles. The highest BCUT2D eigenvalue weighted by Crippen LogP contribution is 2.23. The molecule has 0 radical (unpaired) electrons. The van der Waals surface area contributed by atoms with Crippen LogP contribution in [-0.2, 0) is 0 Å². The van der Waals surface area contributed by atoms with Crippen LogP contribution in [0.1, 0.15) is 10.4 Å². The van der Waals surface area contributed by atoms with Crippen LogP contribution >= 0.6 is 0 Å². The second kappa shape index (κ2) is 8.80. The van der Waals surface area contributed by atoms with Crippen LogP contribution in [0.3, 0.4) is 0 Å². The van der Waals surface area contributed by atoms with Crippen molar-refractivity contribution in [3.63, 3.8) is 0 Å². The lowest BCUT2D eigenvalue weighted by Crippen LogP contribution is -2.31. The van der Waals surface area contributed by atoms with Crippen LogP contribution in [0.2, 0.25) is 0 Å². The summed E-state index contributed by atoms with van der Waals surface area (Å²) < 4.78 is 24.2. The molecule has 0 spiro atoms. The number of aromatic nitrogens is 1. The van der Waals surface area contributed by atoms with Crippen LogP contribution in [-0.4, -0.2) is 36.0 Å². The van der Waals surface area contributed by atoms with Crippen LogP contribution in [0.4, 0.5) is 4.39 Å². The van der Waals surface area contributed by atoms with E-state index in [1.165, 1.54) is 17.0 Å². The molecule has 6 heteroatoms. The molecule has 0 aliphatic heterocycles. The van der Waals surface area contributed by atoms with Gasteiger partial charge < -0.3 is 14.4 Å². The van der Waals surface area contributed by atoms with Crippen molar-refractivity contribution in [1.29, 1.82) is 0 Å². The Morgan fingerprint density at radius 3 is 2.48 bits per heavy atom. The fraction of sp³-hybridized carbons (Fsp3) is 0.143. The van der Waals surface area contributed by atoms with Gasteiger partial charge in [0, 0.05) is 13.2 Å². The lowest BCUT2D eigenvalue weighted by Gasteiger charge is -2.19. The Kier molecular flexibility index (Phi) is 5.99. The van der Waals surface area contributed by atoms with Gasteiger partial charge in [0.25, 0.3) is 5.91 Å². The quantitative estimate of drug-likeness (QED) is 0.630. The molecule has 0 aliphatic carbocycles. The zero-order valence-electron chi connectivity index (χ0n) is 14.8. The monoisotopic (exact) mass is 366 g/mol. The third-order valence-corrected chi connectivity index (χ3v) is 3.82. The summed E-state index contributed by atoms with van der Waals surface area (Å²) in [5.41, 5.74) is 0.366. The second-order valence-corrected chi connectivity index (χ2v) is 5.80. The number of hydrogen-bond donors (Lipinski definition) is 0. The molecule has 0 N–H and O–H groups in total. The molecule has 27 heavy (non-hydrogen) atoms. The Morgan fingerprint density at radius 1 is 1.00 bits per heavy atom. The SMILES string of the molecule is CN(CCOc1ccc(F)cc1)C(=O)c1cccnc1Oc1ccccc1. The van der Waals surface area contributed by atoms with Crippen molar-refractivity contribution >= 4 is 5.91 Å². The molecule has 138 valence electrons. The number of rotatable bonds is 7. The molecule has 0 saturated heterocycles. The average Bonchev–Trinajstić information content (AvgIpc) is 2.70. The Hall–Kier alpha value is -3.41. The van der Waals surface area contributed by atoms with E-state index in [0.29, 0.717) is 23.6 Å². The van der Waals surface area contributed by atoms with E-state index in [1.54, 1.807) is 49.6 Å². The summed E-state index contributed by atoms with van der Waals surface area (Å²) in [4.78, 5) is 18.4. The molecular formula is C21H19FN2O3. The number of halogens is 1. The van der Waals surface area contributed by atoms with Gasteiger partial charge in [0.15, 0.2) is 0 Å². The summed E-state index contributed by atoms with van der Waals surface area (Å²) in [5, 5.41) is 0. The molecule has 3 aromatic rings. The number of nitrogens with zero attached hydrogens (tertiary/aromatic N) is 2. The highest BCUT2D eigenvalue weighted by atomic mass is 19.1. The first kappa shape index (κ1) is 18.4. The maximum absolute atomic E-state index is 12.9. The Bertz CT molecular complexity index is 885. The first-order valence-corrected chi connectivity index (χ1v) is 8.45. The smallest absolute Gasteiger partial charge is 0.259 e. The second-order valence-electron chi connectivity index (χ2n) is 5.80. The van der Waals surface area contributed by atoms with Crippen molar-refractivity contribution in [3.05, 3.63) is 84.3 Å². The van der Waals surface area contributed by atoms with E-state index in [4.69, 9.17) is 9.47 Å². The minimum Gasteiger partial charge on any atom is -0.492 e. The van der Waals surface area contributed by atoms with Crippen LogP contribution in [0.15, 0.2) is 72.9 Å². The number of carbonyl (C=O) groups excluding carboxylic acids is 1. The lowest BCUT2D eigenvalue weighted by atomic mass is 10.2. The highest BCUT2D eigenvalue weighted by molar-refractivity contribution is 5.96. The van der Waals surface area contributed by atoms with Gasteiger partial charge in [-0.25, -0.2) is 9.37 Å². The number of likely N-dealkylation sites (N-methyl/N-ethyl adjacent to an activating group) is 1. The molecule has 0 saturated carbocycles. The lowest BCUT2D eigenvalue weighted by molar-refractivity contribution is 0.0770. The Balaban J connectivity index is 1.62. The van der Waals surface area contributed by atoms with Crippen molar-refractivity contribution < 1.29 is 18.7 Å². The maximum Gasteiger partial charge on any atom is 0.259 e. The summed E-state index contributed by atoms with van der Waals surface area (Å²) in [6, 6.07) is 18.3. The van der Waals surface area contributed by atoms with Crippen LogP contribution in [0, 0.1) is 5.82 Å².